The van der Waals surface area contributed by atoms with E-state index in [2.05, 4.69) is 0 Å². The number of carbonyl (C=O) groups is 2. The van der Waals surface area contributed by atoms with Gasteiger partial charge < -0.3 is 19.4 Å². The molecule has 28 heavy (non-hydrogen) atoms. The van der Waals surface area contributed by atoms with Gasteiger partial charge in [-0.3, -0.25) is 4.79 Å². The normalized spacial score (nSPS) is 10.9. The second-order valence-electron chi connectivity index (χ2n) is 5.78. The summed E-state index contributed by atoms with van der Waals surface area (Å²) in [5.74, 6) is -1.47. The van der Waals surface area contributed by atoms with E-state index in [4.69, 9.17) is 25.9 Å². The fraction of sp³-hybridized carbons (Fsp3) is 0.0476. The Balaban J connectivity index is 1.77. The molecule has 7 heteroatoms. The smallest absolute Gasteiger partial charge is 0.371 e. The number of benzene rings is 2. The molecule has 6 nitrogen and oxygen atoms in total. The number of allylic oxidation sites excluding steroid dienone is 1. The van der Waals surface area contributed by atoms with Crippen LogP contribution in [-0.2, 0) is 0 Å². The molecule has 1 N–H and O–H groups in total. The number of carbonyl (C=O) groups excluding carboxylic acids is 1. The Morgan fingerprint density at radius 3 is 2.46 bits per heavy atom. The molecule has 2 aromatic carbocycles. The fourth-order valence-corrected chi connectivity index (χ4v) is 2.73. The number of hydrogen-bond acceptors (Lipinski definition) is 5. The molecule has 0 aliphatic rings. The van der Waals surface area contributed by atoms with Crippen LogP contribution in [0.3, 0.4) is 0 Å². The molecule has 0 bridgehead atoms. The van der Waals surface area contributed by atoms with Gasteiger partial charge in [0, 0.05) is 16.1 Å². The summed E-state index contributed by atoms with van der Waals surface area (Å²) in [6, 6.07) is 12.4. The number of aromatic carboxylic acids is 1. The molecule has 0 saturated carbocycles. The standard InChI is InChI=1S/C21H15ClO6/c1-27-19-11-12(10-15(22)20(19)24)2-7-16(23)13-3-5-14(6-4-13)17-8-9-18(28-17)21(25)26/h2-11,24H,1H3,(H,25,26)/p-1/b7-2+. The number of carboxylic acid groups (broad SMARTS) is 1. The van der Waals surface area contributed by atoms with Gasteiger partial charge in [-0.25, -0.2) is 4.79 Å². The summed E-state index contributed by atoms with van der Waals surface area (Å²) < 4.78 is 10.2. The minimum Gasteiger partial charge on any atom is -0.869 e. The first kappa shape index (κ1) is 19.3. The number of halogens is 1. The van der Waals surface area contributed by atoms with Crippen molar-refractivity contribution in [2.75, 3.05) is 7.11 Å². The van der Waals surface area contributed by atoms with Crippen LogP contribution in [-0.4, -0.2) is 24.0 Å². The number of rotatable bonds is 6. The lowest BCUT2D eigenvalue weighted by atomic mass is 10.1. The second kappa shape index (κ2) is 8.02. The van der Waals surface area contributed by atoms with Crippen molar-refractivity contribution in [3.63, 3.8) is 0 Å². The van der Waals surface area contributed by atoms with Gasteiger partial charge in [-0.2, -0.15) is 0 Å². The molecule has 3 aromatic rings. The molecule has 0 saturated heterocycles. The maximum absolute atomic E-state index is 12.4. The molecular weight excluding hydrogens is 384 g/mol. The van der Waals surface area contributed by atoms with Gasteiger partial charge in [0.25, 0.3) is 0 Å². The van der Waals surface area contributed by atoms with Crippen molar-refractivity contribution in [2.45, 2.75) is 0 Å². The van der Waals surface area contributed by atoms with Gasteiger partial charge in [-0.15, -0.1) is 0 Å². The van der Waals surface area contributed by atoms with E-state index in [1.165, 1.54) is 37.5 Å². The Bertz CT molecular complexity index is 1060. The number of carboxylic acids is 1. The summed E-state index contributed by atoms with van der Waals surface area (Å²) in [7, 11) is 1.37. The van der Waals surface area contributed by atoms with E-state index in [9.17, 15) is 14.7 Å². The maximum atomic E-state index is 12.4. The van der Waals surface area contributed by atoms with Crippen molar-refractivity contribution in [2.24, 2.45) is 0 Å². The third-order valence-electron chi connectivity index (χ3n) is 3.95. The lowest BCUT2D eigenvalue weighted by Crippen LogP contribution is -1.97. The van der Waals surface area contributed by atoms with E-state index in [1.807, 2.05) is 0 Å². The number of furan rings is 1. The van der Waals surface area contributed by atoms with Crippen LogP contribution in [0.5, 0.6) is 11.5 Å². The molecule has 0 aliphatic heterocycles. The largest absolute Gasteiger partial charge is 0.869 e. The third-order valence-corrected chi connectivity index (χ3v) is 4.23. The summed E-state index contributed by atoms with van der Waals surface area (Å²) in [6.45, 7) is 0. The van der Waals surface area contributed by atoms with Gasteiger partial charge in [-0.05, 0) is 41.7 Å². The van der Waals surface area contributed by atoms with E-state index in [1.54, 1.807) is 30.3 Å². The Morgan fingerprint density at radius 1 is 1.14 bits per heavy atom. The van der Waals surface area contributed by atoms with E-state index in [-0.39, 0.29) is 22.3 Å². The molecule has 3 rings (SSSR count). The van der Waals surface area contributed by atoms with Gasteiger partial charge in [0.15, 0.2) is 5.78 Å². The zero-order valence-corrected chi connectivity index (χ0v) is 15.4. The SMILES string of the molecule is COc1cc(/C=C/C(=O)c2ccc(-c3ccc(C(=O)O)o3)cc2)cc(Cl)c1[O-]. The molecule has 0 aliphatic carbocycles. The van der Waals surface area contributed by atoms with Crippen LogP contribution in [0.15, 0.2) is 59.0 Å². The Kier molecular flexibility index (Phi) is 5.52. The highest BCUT2D eigenvalue weighted by Gasteiger charge is 2.11. The molecule has 1 heterocycles. The summed E-state index contributed by atoms with van der Waals surface area (Å²) in [5, 5.41) is 20.6. The highest BCUT2D eigenvalue weighted by atomic mass is 35.5. The van der Waals surface area contributed by atoms with Crippen LogP contribution in [0, 0.1) is 0 Å². The first-order chi connectivity index (χ1) is 13.4. The van der Waals surface area contributed by atoms with Crippen molar-refractivity contribution in [1.29, 1.82) is 0 Å². The molecule has 1 aromatic heterocycles. The fourth-order valence-electron chi connectivity index (χ4n) is 2.51. The van der Waals surface area contributed by atoms with E-state index < -0.39 is 11.7 Å². The quantitative estimate of drug-likeness (QED) is 0.492. The van der Waals surface area contributed by atoms with Crippen molar-refractivity contribution >= 4 is 29.4 Å². The van der Waals surface area contributed by atoms with Crippen LogP contribution < -0.4 is 9.84 Å². The van der Waals surface area contributed by atoms with Gasteiger partial charge in [-0.1, -0.05) is 41.9 Å². The first-order valence-electron chi connectivity index (χ1n) is 8.09. The van der Waals surface area contributed by atoms with Crippen LogP contribution in [0.2, 0.25) is 5.02 Å². The Morgan fingerprint density at radius 2 is 1.86 bits per heavy atom. The first-order valence-corrected chi connectivity index (χ1v) is 8.47. The lowest BCUT2D eigenvalue weighted by molar-refractivity contribution is -0.269. The molecule has 142 valence electrons. The average Bonchev–Trinajstić information content (AvgIpc) is 3.19. The summed E-state index contributed by atoms with van der Waals surface area (Å²) in [5.41, 5.74) is 1.64. The number of hydrogen-bond donors (Lipinski definition) is 1. The van der Waals surface area contributed by atoms with Gasteiger partial charge >= 0.3 is 5.97 Å². The van der Waals surface area contributed by atoms with Crippen molar-refractivity contribution in [3.8, 4) is 22.8 Å². The van der Waals surface area contributed by atoms with Gasteiger partial charge in [0.05, 0.1) is 7.11 Å². The van der Waals surface area contributed by atoms with E-state index in [0.717, 1.165) is 0 Å². The highest BCUT2D eigenvalue weighted by Crippen LogP contribution is 2.33. The summed E-state index contributed by atoms with van der Waals surface area (Å²) in [6.07, 6.45) is 2.90. The van der Waals surface area contributed by atoms with Crippen LogP contribution in [0.1, 0.15) is 26.5 Å². The Hall–Kier alpha value is -3.51. The van der Waals surface area contributed by atoms with Gasteiger partial charge in [0.1, 0.15) is 11.5 Å². The minimum atomic E-state index is -1.15. The van der Waals surface area contributed by atoms with E-state index in [0.29, 0.717) is 22.5 Å². The van der Waals surface area contributed by atoms with Crippen LogP contribution in [0.25, 0.3) is 17.4 Å². The monoisotopic (exact) mass is 397 g/mol. The molecule has 0 atom stereocenters. The molecule has 0 fully saturated rings. The number of ether oxygens (including phenoxy) is 1. The highest BCUT2D eigenvalue weighted by molar-refractivity contribution is 6.32. The van der Waals surface area contributed by atoms with Crippen LogP contribution in [0.4, 0.5) is 0 Å². The molecule has 0 spiro atoms. The number of ketones is 1. The third kappa shape index (κ3) is 4.07. The average molecular weight is 398 g/mol. The molecule has 0 radical (unpaired) electrons. The molecular formula is C21H14ClO6-. The van der Waals surface area contributed by atoms with Crippen molar-refractivity contribution < 1.29 is 29.0 Å². The maximum Gasteiger partial charge on any atom is 0.371 e. The van der Waals surface area contributed by atoms with Crippen molar-refractivity contribution in [3.05, 3.63) is 76.5 Å². The lowest BCUT2D eigenvalue weighted by Gasteiger charge is -2.14. The minimum absolute atomic E-state index is 0.00924. The Labute approximate surface area is 165 Å². The zero-order chi connectivity index (χ0) is 20.3. The summed E-state index contributed by atoms with van der Waals surface area (Å²) >= 11 is 5.87. The summed E-state index contributed by atoms with van der Waals surface area (Å²) in [4.78, 5) is 23.2. The zero-order valence-electron chi connectivity index (χ0n) is 14.6. The van der Waals surface area contributed by atoms with Gasteiger partial charge in [0.2, 0.25) is 5.76 Å². The molecule has 0 amide bonds. The predicted octanol–water partition coefficient (Wildman–Crippen LogP) is 4.28. The number of methoxy groups -OCH3 is 1. The molecule has 0 unspecified atom stereocenters. The van der Waals surface area contributed by atoms with Crippen LogP contribution >= 0.6 is 11.6 Å². The second-order valence-corrected chi connectivity index (χ2v) is 6.19. The topological polar surface area (TPSA) is 99.8 Å². The van der Waals surface area contributed by atoms with Crippen molar-refractivity contribution in [1.82, 2.24) is 0 Å². The predicted molar refractivity (Wildman–Crippen MR) is 102 cm³/mol. The van der Waals surface area contributed by atoms with E-state index >= 15 is 0 Å².